The third-order valence-electron chi connectivity index (χ3n) is 2.85. The quantitative estimate of drug-likeness (QED) is 0.881. The fourth-order valence-corrected chi connectivity index (χ4v) is 1.75. The summed E-state index contributed by atoms with van der Waals surface area (Å²) in [4.78, 5) is 11.6. The first-order chi connectivity index (χ1) is 7.97. The van der Waals surface area contributed by atoms with Gasteiger partial charge in [-0.25, -0.2) is 0 Å². The van der Waals surface area contributed by atoms with Crippen molar-refractivity contribution in [1.82, 2.24) is 5.32 Å². The van der Waals surface area contributed by atoms with Crippen LogP contribution in [-0.2, 0) is 17.4 Å². The molecule has 1 aromatic carbocycles. The number of hydrogen-bond acceptors (Lipinski definition) is 2. The van der Waals surface area contributed by atoms with E-state index in [9.17, 15) is 18.0 Å². The Balaban J connectivity index is 2.08. The normalized spacial score (nSPS) is 19.8. The monoisotopic (exact) mass is 243 g/mol. The van der Waals surface area contributed by atoms with Crippen molar-refractivity contribution in [2.75, 3.05) is 6.54 Å². The summed E-state index contributed by atoms with van der Waals surface area (Å²) in [6, 6.07) is 4.75. The Morgan fingerprint density at radius 3 is 2.65 bits per heavy atom. The lowest BCUT2D eigenvalue weighted by molar-refractivity contribution is -0.137. The number of carbonyl (C=O) groups is 1. The highest BCUT2D eigenvalue weighted by Crippen LogP contribution is 2.29. The van der Waals surface area contributed by atoms with Crippen LogP contribution in [0.5, 0.6) is 0 Å². The topological polar surface area (TPSA) is 29.1 Å². The van der Waals surface area contributed by atoms with Gasteiger partial charge in [0.1, 0.15) is 0 Å². The van der Waals surface area contributed by atoms with Gasteiger partial charge in [-0.05, 0) is 24.6 Å². The van der Waals surface area contributed by atoms with Gasteiger partial charge in [-0.1, -0.05) is 18.2 Å². The summed E-state index contributed by atoms with van der Waals surface area (Å²) in [5.74, 6) is -0.0458. The number of hydrogen-bond donors (Lipinski definition) is 1. The minimum atomic E-state index is -4.35. The van der Waals surface area contributed by atoms with Crippen LogP contribution >= 0.6 is 0 Å². The minimum absolute atomic E-state index is 0.0458. The molecule has 2 rings (SSSR count). The summed E-state index contributed by atoms with van der Waals surface area (Å²) in [6.45, 7) is 0.805. The molecule has 2 nitrogen and oxygen atoms in total. The van der Waals surface area contributed by atoms with Crippen LogP contribution < -0.4 is 5.32 Å². The first kappa shape index (κ1) is 12.1. The molecule has 1 aliphatic heterocycles. The fraction of sp³-hybridized carbons (Fsp3) is 0.417. The number of rotatable bonds is 3. The number of alkyl halides is 3. The SMILES string of the molecule is O=C(Cc1cccc(C(F)(F)F)c1)C1CCN1. The van der Waals surface area contributed by atoms with Gasteiger partial charge in [-0.3, -0.25) is 4.79 Å². The maximum atomic E-state index is 12.4. The molecule has 1 aliphatic rings. The van der Waals surface area contributed by atoms with E-state index in [2.05, 4.69) is 5.32 Å². The second-order valence-electron chi connectivity index (χ2n) is 4.14. The van der Waals surface area contributed by atoms with Crippen LogP contribution in [0.2, 0.25) is 0 Å². The standard InChI is InChI=1S/C12H12F3NO/c13-12(14,15)9-3-1-2-8(6-9)7-11(17)10-4-5-16-10/h1-3,6,10,16H,4-5,7H2. The number of Topliss-reactive ketones (excluding diaryl/α,β-unsaturated/α-hetero) is 1. The molecule has 1 N–H and O–H groups in total. The molecular weight excluding hydrogens is 231 g/mol. The lowest BCUT2D eigenvalue weighted by Crippen LogP contribution is -2.49. The largest absolute Gasteiger partial charge is 0.416 e. The molecule has 1 aromatic rings. The van der Waals surface area contributed by atoms with Crippen molar-refractivity contribution in [3.63, 3.8) is 0 Å². The zero-order chi connectivity index (χ0) is 12.5. The van der Waals surface area contributed by atoms with E-state index in [1.165, 1.54) is 6.07 Å². The Morgan fingerprint density at radius 2 is 2.12 bits per heavy atom. The molecule has 92 valence electrons. The molecule has 1 atom stereocenters. The van der Waals surface area contributed by atoms with Gasteiger partial charge in [0, 0.05) is 6.42 Å². The average molecular weight is 243 g/mol. The van der Waals surface area contributed by atoms with Gasteiger partial charge in [-0.15, -0.1) is 0 Å². The molecule has 0 aliphatic carbocycles. The summed E-state index contributed by atoms with van der Waals surface area (Å²) in [5.41, 5.74) is -0.289. The Bertz CT molecular complexity index is 424. The lowest BCUT2D eigenvalue weighted by atomic mass is 9.96. The summed E-state index contributed by atoms with van der Waals surface area (Å²) in [7, 11) is 0. The van der Waals surface area contributed by atoms with Gasteiger partial charge in [0.05, 0.1) is 11.6 Å². The summed E-state index contributed by atoms with van der Waals surface area (Å²) in [5, 5.41) is 2.94. The Kier molecular flexibility index (Phi) is 3.19. The predicted molar refractivity (Wildman–Crippen MR) is 56.6 cm³/mol. The van der Waals surface area contributed by atoms with Crippen LogP contribution in [0.4, 0.5) is 13.2 Å². The molecule has 0 spiro atoms. The molecule has 0 saturated carbocycles. The van der Waals surface area contributed by atoms with Crippen molar-refractivity contribution in [2.45, 2.75) is 25.1 Å². The number of nitrogens with one attached hydrogen (secondary N) is 1. The van der Waals surface area contributed by atoms with E-state index in [1.807, 2.05) is 0 Å². The van der Waals surface area contributed by atoms with Crippen LogP contribution in [0.25, 0.3) is 0 Å². The van der Waals surface area contributed by atoms with E-state index in [4.69, 9.17) is 0 Å². The zero-order valence-corrected chi connectivity index (χ0v) is 9.05. The first-order valence-corrected chi connectivity index (χ1v) is 5.39. The number of benzene rings is 1. The Labute approximate surface area is 96.8 Å². The van der Waals surface area contributed by atoms with Gasteiger partial charge >= 0.3 is 6.18 Å². The van der Waals surface area contributed by atoms with Gasteiger partial charge < -0.3 is 5.32 Å². The number of halogens is 3. The lowest BCUT2D eigenvalue weighted by Gasteiger charge is -2.26. The predicted octanol–water partition coefficient (Wildman–Crippen LogP) is 2.18. The highest BCUT2D eigenvalue weighted by molar-refractivity contribution is 5.86. The maximum Gasteiger partial charge on any atom is 0.416 e. The average Bonchev–Trinajstić information content (AvgIpc) is 2.13. The molecule has 0 aromatic heterocycles. The molecule has 0 bridgehead atoms. The van der Waals surface area contributed by atoms with Crippen molar-refractivity contribution in [3.8, 4) is 0 Å². The van der Waals surface area contributed by atoms with E-state index < -0.39 is 11.7 Å². The molecule has 0 amide bonds. The van der Waals surface area contributed by atoms with Gasteiger partial charge in [0.15, 0.2) is 5.78 Å². The summed E-state index contributed by atoms with van der Waals surface area (Å²) in [6.07, 6.45) is -3.52. The van der Waals surface area contributed by atoms with Crippen molar-refractivity contribution in [3.05, 3.63) is 35.4 Å². The van der Waals surface area contributed by atoms with E-state index >= 15 is 0 Å². The Hall–Kier alpha value is -1.36. The van der Waals surface area contributed by atoms with Gasteiger partial charge in [0.25, 0.3) is 0 Å². The van der Waals surface area contributed by atoms with Crippen LogP contribution in [-0.4, -0.2) is 18.4 Å². The number of carbonyl (C=O) groups excluding carboxylic acids is 1. The van der Waals surface area contributed by atoms with Crippen LogP contribution in [0.1, 0.15) is 17.5 Å². The second kappa shape index (κ2) is 4.49. The maximum absolute atomic E-state index is 12.4. The second-order valence-corrected chi connectivity index (χ2v) is 4.14. The van der Waals surface area contributed by atoms with E-state index in [0.717, 1.165) is 25.1 Å². The molecule has 1 fully saturated rings. The number of ketones is 1. The third kappa shape index (κ3) is 2.85. The zero-order valence-electron chi connectivity index (χ0n) is 9.05. The minimum Gasteiger partial charge on any atom is -0.307 e. The molecule has 17 heavy (non-hydrogen) atoms. The first-order valence-electron chi connectivity index (χ1n) is 5.39. The smallest absolute Gasteiger partial charge is 0.307 e. The van der Waals surface area contributed by atoms with Gasteiger partial charge in [-0.2, -0.15) is 13.2 Å². The molecule has 1 heterocycles. The van der Waals surface area contributed by atoms with Crippen molar-refractivity contribution < 1.29 is 18.0 Å². The van der Waals surface area contributed by atoms with Crippen molar-refractivity contribution in [2.24, 2.45) is 0 Å². The highest BCUT2D eigenvalue weighted by atomic mass is 19.4. The van der Waals surface area contributed by atoms with Gasteiger partial charge in [0.2, 0.25) is 0 Å². The Morgan fingerprint density at radius 1 is 1.41 bits per heavy atom. The van der Waals surface area contributed by atoms with Crippen molar-refractivity contribution in [1.29, 1.82) is 0 Å². The molecule has 1 unspecified atom stereocenters. The summed E-state index contributed by atoms with van der Waals surface area (Å²) < 4.78 is 37.3. The third-order valence-corrected chi connectivity index (χ3v) is 2.85. The molecule has 0 radical (unpaired) electrons. The molecule has 1 saturated heterocycles. The van der Waals surface area contributed by atoms with Crippen molar-refractivity contribution >= 4 is 5.78 Å². The summed E-state index contributed by atoms with van der Waals surface area (Å²) >= 11 is 0. The molecule has 5 heteroatoms. The van der Waals surface area contributed by atoms with Crippen LogP contribution in [0, 0.1) is 0 Å². The van der Waals surface area contributed by atoms with E-state index in [1.54, 1.807) is 6.07 Å². The fourth-order valence-electron chi connectivity index (χ4n) is 1.75. The van der Waals surface area contributed by atoms with E-state index in [0.29, 0.717) is 5.56 Å². The van der Waals surface area contributed by atoms with Crippen LogP contribution in [0.15, 0.2) is 24.3 Å². The van der Waals surface area contributed by atoms with Crippen LogP contribution in [0.3, 0.4) is 0 Å². The highest BCUT2D eigenvalue weighted by Gasteiger charge is 2.31. The van der Waals surface area contributed by atoms with E-state index in [-0.39, 0.29) is 18.2 Å². The molecular formula is C12H12F3NO.